The van der Waals surface area contributed by atoms with Crippen molar-refractivity contribution in [1.29, 1.82) is 0 Å². The second-order valence-corrected chi connectivity index (χ2v) is 9.49. The Kier molecular flexibility index (Phi) is 7.68. The van der Waals surface area contributed by atoms with Crippen LogP contribution in [-0.4, -0.2) is 44.5 Å². The zero-order chi connectivity index (χ0) is 25.8. The first-order chi connectivity index (χ1) is 16.5. The summed E-state index contributed by atoms with van der Waals surface area (Å²) < 4.78 is 1.68. The van der Waals surface area contributed by atoms with Gasteiger partial charge in [0.15, 0.2) is 0 Å². The summed E-state index contributed by atoms with van der Waals surface area (Å²) in [6, 6.07) is 15.2. The van der Waals surface area contributed by atoms with E-state index in [0.717, 1.165) is 16.9 Å². The number of nitro groups is 1. The minimum atomic E-state index is -0.549. The molecule has 2 aromatic carbocycles. The molecule has 2 amide bonds. The number of carbonyl (C=O) groups is 2. The van der Waals surface area contributed by atoms with Crippen molar-refractivity contribution in [3.8, 4) is 5.69 Å². The van der Waals surface area contributed by atoms with Gasteiger partial charge in [-0.15, -0.1) is 0 Å². The van der Waals surface area contributed by atoms with Crippen LogP contribution >= 0.6 is 0 Å². The van der Waals surface area contributed by atoms with E-state index in [1.165, 1.54) is 29.2 Å². The standard InChI is InChI=1S/C26H31N5O4/c1-6-14-29(25(33)19-8-7-9-21(15-19)31(34)35)17-24(32)27-23-16-22(26(3,4)5)28-30(23)20-12-10-18(2)11-13-20/h7-13,15-16H,6,14,17H2,1-5H3,(H,27,32). The monoisotopic (exact) mass is 477 g/mol. The number of anilines is 1. The van der Waals surface area contributed by atoms with Gasteiger partial charge in [0.05, 0.1) is 16.3 Å². The number of nitro benzene ring substituents is 1. The highest BCUT2D eigenvalue weighted by molar-refractivity contribution is 5.99. The predicted octanol–water partition coefficient (Wildman–Crippen LogP) is 4.88. The lowest BCUT2D eigenvalue weighted by atomic mass is 9.92. The molecule has 0 bridgehead atoms. The first kappa shape index (κ1) is 25.6. The van der Waals surface area contributed by atoms with Crippen LogP contribution in [0.4, 0.5) is 11.5 Å². The molecule has 9 nitrogen and oxygen atoms in total. The van der Waals surface area contributed by atoms with Crippen molar-refractivity contribution in [3.05, 3.63) is 81.5 Å². The Labute approximate surface area is 204 Å². The molecule has 1 aromatic heterocycles. The lowest BCUT2D eigenvalue weighted by Crippen LogP contribution is -2.38. The van der Waals surface area contributed by atoms with E-state index in [4.69, 9.17) is 5.10 Å². The van der Waals surface area contributed by atoms with Crippen molar-refractivity contribution in [2.45, 2.75) is 46.5 Å². The van der Waals surface area contributed by atoms with E-state index < -0.39 is 10.8 Å². The number of non-ortho nitro benzene ring substituents is 1. The summed E-state index contributed by atoms with van der Waals surface area (Å²) in [6.45, 7) is 10.2. The van der Waals surface area contributed by atoms with Crippen LogP contribution in [-0.2, 0) is 10.2 Å². The second kappa shape index (κ2) is 10.5. The van der Waals surface area contributed by atoms with Gasteiger partial charge in [-0.1, -0.05) is 51.5 Å². The number of aryl methyl sites for hydroxylation is 1. The van der Waals surface area contributed by atoms with Gasteiger partial charge in [-0.3, -0.25) is 19.7 Å². The summed E-state index contributed by atoms with van der Waals surface area (Å²) in [6.07, 6.45) is 0.628. The van der Waals surface area contributed by atoms with E-state index in [1.807, 2.05) is 65.0 Å². The number of aromatic nitrogens is 2. The number of hydrogen-bond acceptors (Lipinski definition) is 5. The summed E-state index contributed by atoms with van der Waals surface area (Å²) in [7, 11) is 0. The van der Waals surface area contributed by atoms with E-state index in [1.54, 1.807) is 4.68 Å². The summed E-state index contributed by atoms with van der Waals surface area (Å²) in [5, 5.41) is 18.7. The molecule has 0 unspecified atom stereocenters. The van der Waals surface area contributed by atoms with Crippen LogP contribution in [0.25, 0.3) is 5.69 Å². The van der Waals surface area contributed by atoms with Crippen LogP contribution < -0.4 is 5.32 Å². The topological polar surface area (TPSA) is 110 Å². The van der Waals surface area contributed by atoms with E-state index >= 15 is 0 Å². The zero-order valence-corrected chi connectivity index (χ0v) is 20.7. The summed E-state index contributed by atoms with van der Waals surface area (Å²) in [5.74, 6) is -0.318. The number of benzene rings is 2. The predicted molar refractivity (Wildman–Crippen MR) is 135 cm³/mol. The Balaban J connectivity index is 1.85. The first-order valence-corrected chi connectivity index (χ1v) is 11.5. The molecular weight excluding hydrogens is 446 g/mol. The minimum absolute atomic E-state index is 0.167. The van der Waals surface area contributed by atoms with Crippen LogP contribution in [0, 0.1) is 17.0 Å². The lowest BCUT2D eigenvalue weighted by Gasteiger charge is -2.21. The quantitative estimate of drug-likeness (QED) is 0.367. The number of nitrogens with zero attached hydrogens (tertiary/aromatic N) is 4. The van der Waals surface area contributed by atoms with Crippen molar-refractivity contribution in [2.24, 2.45) is 0 Å². The van der Waals surface area contributed by atoms with Gasteiger partial charge in [0, 0.05) is 35.7 Å². The number of nitrogens with one attached hydrogen (secondary N) is 1. The van der Waals surface area contributed by atoms with Crippen molar-refractivity contribution >= 4 is 23.3 Å². The third-order valence-corrected chi connectivity index (χ3v) is 5.44. The molecule has 0 saturated carbocycles. The van der Waals surface area contributed by atoms with Crippen LogP contribution in [0.1, 0.15) is 55.7 Å². The second-order valence-electron chi connectivity index (χ2n) is 9.49. The summed E-state index contributed by atoms with van der Waals surface area (Å²) in [5.41, 5.74) is 2.48. The first-order valence-electron chi connectivity index (χ1n) is 11.5. The molecule has 0 saturated heterocycles. The Morgan fingerprint density at radius 3 is 2.40 bits per heavy atom. The normalized spacial score (nSPS) is 11.2. The van der Waals surface area contributed by atoms with Crippen molar-refractivity contribution in [2.75, 3.05) is 18.4 Å². The molecule has 0 fully saturated rings. The molecule has 0 aliphatic carbocycles. The number of amides is 2. The van der Waals surface area contributed by atoms with Gasteiger partial charge in [-0.2, -0.15) is 5.10 Å². The molecule has 0 radical (unpaired) electrons. The fourth-order valence-electron chi connectivity index (χ4n) is 3.53. The SMILES string of the molecule is CCCN(CC(=O)Nc1cc(C(C)(C)C)nn1-c1ccc(C)cc1)C(=O)c1cccc([N+](=O)[O-])c1. The van der Waals surface area contributed by atoms with Gasteiger partial charge in [0.25, 0.3) is 11.6 Å². The number of rotatable bonds is 8. The molecule has 35 heavy (non-hydrogen) atoms. The minimum Gasteiger partial charge on any atom is -0.329 e. The van der Waals surface area contributed by atoms with Crippen molar-refractivity contribution in [3.63, 3.8) is 0 Å². The van der Waals surface area contributed by atoms with Gasteiger partial charge in [0.1, 0.15) is 12.4 Å². The molecule has 0 atom stereocenters. The Morgan fingerprint density at radius 1 is 1.11 bits per heavy atom. The van der Waals surface area contributed by atoms with E-state index in [2.05, 4.69) is 5.32 Å². The molecule has 184 valence electrons. The Bertz CT molecular complexity index is 1230. The third kappa shape index (κ3) is 6.32. The Morgan fingerprint density at radius 2 is 1.80 bits per heavy atom. The van der Waals surface area contributed by atoms with E-state index in [-0.39, 0.29) is 29.1 Å². The molecule has 3 rings (SSSR count). The van der Waals surface area contributed by atoms with Gasteiger partial charge in [-0.05, 0) is 31.5 Å². The van der Waals surface area contributed by atoms with Crippen molar-refractivity contribution in [1.82, 2.24) is 14.7 Å². The summed E-state index contributed by atoms with van der Waals surface area (Å²) >= 11 is 0. The highest BCUT2D eigenvalue weighted by atomic mass is 16.6. The zero-order valence-electron chi connectivity index (χ0n) is 20.7. The maximum Gasteiger partial charge on any atom is 0.270 e. The molecule has 0 aliphatic heterocycles. The van der Waals surface area contributed by atoms with E-state index in [0.29, 0.717) is 18.8 Å². The maximum absolute atomic E-state index is 13.1. The number of hydrogen-bond donors (Lipinski definition) is 1. The van der Waals surface area contributed by atoms with Crippen LogP contribution in [0.3, 0.4) is 0 Å². The van der Waals surface area contributed by atoms with Crippen LogP contribution in [0.2, 0.25) is 0 Å². The molecule has 1 heterocycles. The molecule has 0 spiro atoms. The summed E-state index contributed by atoms with van der Waals surface area (Å²) in [4.78, 5) is 38.1. The molecule has 0 aliphatic rings. The average molecular weight is 478 g/mol. The van der Waals surface area contributed by atoms with Crippen molar-refractivity contribution < 1.29 is 14.5 Å². The third-order valence-electron chi connectivity index (χ3n) is 5.44. The molecule has 3 aromatic rings. The smallest absolute Gasteiger partial charge is 0.270 e. The van der Waals surface area contributed by atoms with Gasteiger partial charge in [-0.25, -0.2) is 4.68 Å². The Hall–Kier alpha value is -4.01. The van der Waals surface area contributed by atoms with Gasteiger partial charge >= 0.3 is 0 Å². The fourth-order valence-corrected chi connectivity index (χ4v) is 3.53. The molecule has 9 heteroatoms. The number of carbonyl (C=O) groups excluding carboxylic acids is 2. The highest BCUT2D eigenvalue weighted by Gasteiger charge is 2.24. The average Bonchev–Trinajstić information content (AvgIpc) is 3.23. The van der Waals surface area contributed by atoms with Crippen LogP contribution in [0.5, 0.6) is 0 Å². The lowest BCUT2D eigenvalue weighted by molar-refractivity contribution is -0.384. The molecular formula is C26H31N5O4. The largest absolute Gasteiger partial charge is 0.329 e. The fraction of sp³-hybridized carbons (Fsp3) is 0.346. The van der Waals surface area contributed by atoms with Gasteiger partial charge < -0.3 is 10.2 Å². The van der Waals surface area contributed by atoms with Gasteiger partial charge in [0.2, 0.25) is 5.91 Å². The molecule has 1 N–H and O–H groups in total. The van der Waals surface area contributed by atoms with Crippen LogP contribution in [0.15, 0.2) is 54.6 Å². The van der Waals surface area contributed by atoms with E-state index in [9.17, 15) is 19.7 Å². The maximum atomic E-state index is 13.1. The highest BCUT2D eigenvalue weighted by Crippen LogP contribution is 2.26.